The van der Waals surface area contributed by atoms with Gasteiger partial charge in [-0.05, 0) is 32.6 Å². The van der Waals surface area contributed by atoms with Crippen molar-refractivity contribution in [3.63, 3.8) is 0 Å². The van der Waals surface area contributed by atoms with Crippen molar-refractivity contribution in [1.82, 2.24) is 15.0 Å². The van der Waals surface area contributed by atoms with Crippen LogP contribution in [-0.4, -0.2) is 35.1 Å². The molecule has 0 unspecified atom stereocenters. The van der Waals surface area contributed by atoms with Gasteiger partial charge < -0.3 is 10.7 Å². The molecule has 5 heteroatoms. The first kappa shape index (κ1) is 12.7. The Morgan fingerprint density at radius 3 is 2.37 bits per heavy atom. The molecular weight excluding hydrogens is 238 g/mol. The number of nitrogens with one attached hydrogen (secondary N) is 2. The molecule has 2 fully saturated rings. The van der Waals surface area contributed by atoms with Crippen molar-refractivity contribution < 1.29 is 0 Å². The summed E-state index contributed by atoms with van der Waals surface area (Å²) in [6, 6.07) is 0. The summed E-state index contributed by atoms with van der Waals surface area (Å²) in [4.78, 5) is 9.36. The standard InChI is InChI=1S/C14H23N5/c1-10-12(15-2)16-14(11-6-7-11)17-13(10)18-19-8-4-3-5-9-19/h11H,3-9H2,1-2H3,(H2,15,16,17,18). The van der Waals surface area contributed by atoms with Gasteiger partial charge in [0.25, 0.3) is 0 Å². The average Bonchev–Trinajstić information content (AvgIpc) is 3.27. The number of nitrogens with zero attached hydrogens (tertiary/aromatic N) is 3. The topological polar surface area (TPSA) is 53.1 Å². The fourth-order valence-corrected chi connectivity index (χ4v) is 2.57. The lowest BCUT2D eigenvalue weighted by Gasteiger charge is -2.28. The third-order valence-corrected chi connectivity index (χ3v) is 3.96. The third-order valence-electron chi connectivity index (χ3n) is 3.96. The van der Waals surface area contributed by atoms with Gasteiger partial charge in [-0.2, -0.15) is 0 Å². The molecule has 104 valence electrons. The van der Waals surface area contributed by atoms with Crippen molar-refractivity contribution in [3.8, 4) is 0 Å². The highest BCUT2D eigenvalue weighted by atomic mass is 15.5. The van der Waals surface area contributed by atoms with Crippen molar-refractivity contribution in [3.05, 3.63) is 11.4 Å². The van der Waals surface area contributed by atoms with E-state index in [-0.39, 0.29) is 0 Å². The Morgan fingerprint density at radius 1 is 1.05 bits per heavy atom. The second kappa shape index (κ2) is 5.33. The van der Waals surface area contributed by atoms with E-state index in [9.17, 15) is 0 Å². The highest BCUT2D eigenvalue weighted by Gasteiger charge is 2.28. The van der Waals surface area contributed by atoms with E-state index in [0.717, 1.165) is 36.1 Å². The summed E-state index contributed by atoms with van der Waals surface area (Å²) in [6.45, 7) is 4.29. The minimum Gasteiger partial charge on any atom is -0.373 e. The molecule has 0 spiro atoms. The van der Waals surface area contributed by atoms with Crippen LogP contribution >= 0.6 is 0 Å². The Balaban J connectivity index is 1.83. The first-order valence-corrected chi connectivity index (χ1v) is 7.36. The number of aromatic nitrogens is 2. The third kappa shape index (κ3) is 2.81. The zero-order chi connectivity index (χ0) is 13.2. The van der Waals surface area contributed by atoms with Gasteiger partial charge in [-0.3, -0.25) is 0 Å². The highest BCUT2D eigenvalue weighted by molar-refractivity contribution is 5.57. The molecule has 1 aromatic heterocycles. The Hall–Kier alpha value is -1.36. The molecule has 0 aromatic carbocycles. The largest absolute Gasteiger partial charge is 0.373 e. The van der Waals surface area contributed by atoms with Crippen molar-refractivity contribution in [2.45, 2.75) is 44.9 Å². The molecule has 5 nitrogen and oxygen atoms in total. The normalized spacial score (nSPS) is 20.3. The smallest absolute Gasteiger partial charge is 0.149 e. The van der Waals surface area contributed by atoms with E-state index in [1.165, 1.54) is 32.1 Å². The van der Waals surface area contributed by atoms with Crippen LogP contribution in [-0.2, 0) is 0 Å². The van der Waals surface area contributed by atoms with E-state index >= 15 is 0 Å². The van der Waals surface area contributed by atoms with Crippen LogP contribution in [0.1, 0.15) is 49.4 Å². The summed E-state index contributed by atoms with van der Waals surface area (Å²) in [7, 11) is 1.93. The van der Waals surface area contributed by atoms with Crippen LogP contribution in [0, 0.1) is 6.92 Å². The minimum absolute atomic E-state index is 0.578. The van der Waals surface area contributed by atoms with Gasteiger partial charge in [0.1, 0.15) is 17.5 Å². The van der Waals surface area contributed by atoms with Gasteiger partial charge in [0, 0.05) is 31.6 Å². The maximum Gasteiger partial charge on any atom is 0.149 e. The van der Waals surface area contributed by atoms with Crippen LogP contribution in [0.3, 0.4) is 0 Å². The number of rotatable bonds is 4. The second-order valence-electron chi connectivity index (χ2n) is 5.59. The maximum atomic E-state index is 4.73. The molecule has 1 saturated heterocycles. The van der Waals surface area contributed by atoms with E-state index in [1.807, 2.05) is 7.05 Å². The highest BCUT2D eigenvalue weighted by Crippen LogP contribution is 2.39. The first-order valence-electron chi connectivity index (χ1n) is 7.36. The van der Waals surface area contributed by atoms with Crippen LogP contribution in [0.15, 0.2) is 0 Å². The van der Waals surface area contributed by atoms with Crippen molar-refractivity contribution >= 4 is 11.6 Å². The van der Waals surface area contributed by atoms with E-state index in [4.69, 9.17) is 4.98 Å². The zero-order valence-electron chi connectivity index (χ0n) is 11.9. The molecule has 2 aliphatic rings. The molecule has 3 rings (SSSR count). The Labute approximate surface area is 114 Å². The van der Waals surface area contributed by atoms with Gasteiger partial charge in [-0.15, -0.1) is 0 Å². The van der Waals surface area contributed by atoms with Crippen LogP contribution in [0.25, 0.3) is 0 Å². The van der Waals surface area contributed by atoms with Gasteiger partial charge in [-0.25, -0.2) is 15.0 Å². The Morgan fingerprint density at radius 2 is 1.74 bits per heavy atom. The van der Waals surface area contributed by atoms with Crippen molar-refractivity contribution in [1.29, 1.82) is 0 Å². The second-order valence-corrected chi connectivity index (χ2v) is 5.59. The first-order chi connectivity index (χ1) is 9.28. The van der Waals surface area contributed by atoms with Crippen molar-refractivity contribution in [2.75, 3.05) is 30.9 Å². The number of piperidine rings is 1. The molecule has 1 aliphatic carbocycles. The van der Waals surface area contributed by atoms with Gasteiger partial charge in [-0.1, -0.05) is 6.42 Å². The Bertz CT molecular complexity index is 449. The van der Waals surface area contributed by atoms with E-state index in [2.05, 4.69) is 27.7 Å². The van der Waals surface area contributed by atoms with Crippen LogP contribution < -0.4 is 10.7 Å². The summed E-state index contributed by atoms with van der Waals surface area (Å²) < 4.78 is 0. The molecule has 0 atom stereocenters. The molecule has 0 amide bonds. The quantitative estimate of drug-likeness (QED) is 0.872. The van der Waals surface area contributed by atoms with E-state index in [1.54, 1.807) is 0 Å². The molecule has 0 radical (unpaired) electrons. The summed E-state index contributed by atoms with van der Waals surface area (Å²) >= 11 is 0. The molecule has 1 aliphatic heterocycles. The zero-order valence-corrected chi connectivity index (χ0v) is 11.9. The van der Waals surface area contributed by atoms with Crippen LogP contribution in [0.5, 0.6) is 0 Å². The van der Waals surface area contributed by atoms with Gasteiger partial charge in [0.2, 0.25) is 0 Å². The lowest BCUT2D eigenvalue weighted by Crippen LogP contribution is -2.35. The summed E-state index contributed by atoms with van der Waals surface area (Å²) in [5, 5.41) is 5.47. The molecule has 2 heterocycles. The molecule has 1 saturated carbocycles. The fraction of sp³-hybridized carbons (Fsp3) is 0.714. The molecule has 2 N–H and O–H groups in total. The predicted octanol–water partition coefficient (Wildman–Crippen LogP) is 2.52. The van der Waals surface area contributed by atoms with Gasteiger partial charge in [0.05, 0.1) is 0 Å². The monoisotopic (exact) mass is 261 g/mol. The summed E-state index contributed by atoms with van der Waals surface area (Å²) in [6.07, 6.45) is 6.35. The maximum absolute atomic E-state index is 4.73. The SMILES string of the molecule is CNc1nc(C2CC2)nc(NN2CCCCC2)c1C. The molecule has 0 bridgehead atoms. The fourth-order valence-electron chi connectivity index (χ4n) is 2.57. The summed E-state index contributed by atoms with van der Waals surface area (Å²) in [5.41, 5.74) is 4.60. The number of hydrogen-bond donors (Lipinski definition) is 2. The number of hydrazine groups is 1. The number of anilines is 2. The molecule has 19 heavy (non-hydrogen) atoms. The number of hydrogen-bond acceptors (Lipinski definition) is 5. The minimum atomic E-state index is 0.578. The van der Waals surface area contributed by atoms with Crippen LogP contribution in [0.2, 0.25) is 0 Å². The van der Waals surface area contributed by atoms with Crippen LogP contribution in [0.4, 0.5) is 11.6 Å². The molecule has 1 aromatic rings. The van der Waals surface area contributed by atoms with E-state index in [0.29, 0.717) is 5.92 Å². The lowest BCUT2D eigenvalue weighted by atomic mass is 10.2. The summed E-state index contributed by atoms with van der Waals surface area (Å²) in [5.74, 6) is 3.50. The van der Waals surface area contributed by atoms with Gasteiger partial charge >= 0.3 is 0 Å². The lowest BCUT2D eigenvalue weighted by molar-refractivity contribution is 0.272. The van der Waals surface area contributed by atoms with Gasteiger partial charge in [0.15, 0.2) is 0 Å². The van der Waals surface area contributed by atoms with Crippen molar-refractivity contribution in [2.24, 2.45) is 0 Å². The average molecular weight is 261 g/mol. The van der Waals surface area contributed by atoms with E-state index < -0.39 is 0 Å². The molecular formula is C14H23N5. The Kier molecular flexibility index (Phi) is 3.55. The predicted molar refractivity (Wildman–Crippen MR) is 77.3 cm³/mol.